The second-order valence-corrected chi connectivity index (χ2v) is 5.40. The van der Waals surface area contributed by atoms with Crippen LogP contribution in [-0.2, 0) is 9.59 Å². The fourth-order valence-corrected chi connectivity index (χ4v) is 1.51. The van der Waals surface area contributed by atoms with E-state index in [1.807, 2.05) is 13.8 Å². The van der Waals surface area contributed by atoms with Crippen LogP contribution in [0.2, 0.25) is 0 Å². The zero-order chi connectivity index (χ0) is 13.7. The molecule has 0 saturated carbocycles. The SMILES string of the molecule is CCCCC(C)(CC)C(=O)NC(C)(C)C(=O)O. The first-order valence-electron chi connectivity index (χ1n) is 6.25. The molecule has 4 nitrogen and oxygen atoms in total. The van der Waals surface area contributed by atoms with Gasteiger partial charge in [-0.15, -0.1) is 0 Å². The number of nitrogens with one attached hydrogen (secondary N) is 1. The van der Waals surface area contributed by atoms with E-state index < -0.39 is 16.9 Å². The predicted molar refractivity (Wildman–Crippen MR) is 67.8 cm³/mol. The Morgan fingerprint density at radius 1 is 1.18 bits per heavy atom. The number of carboxylic acid groups (broad SMARTS) is 1. The quantitative estimate of drug-likeness (QED) is 0.722. The molecule has 0 heterocycles. The van der Waals surface area contributed by atoms with Gasteiger partial charge in [0.1, 0.15) is 5.54 Å². The molecular weight excluding hydrogens is 218 g/mol. The fraction of sp³-hybridized carbons (Fsp3) is 0.846. The molecule has 0 aliphatic rings. The van der Waals surface area contributed by atoms with Gasteiger partial charge in [0.05, 0.1) is 0 Å². The minimum Gasteiger partial charge on any atom is -0.480 e. The van der Waals surface area contributed by atoms with Crippen molar-refractivity contribution < 1.29 is 14.7 Å². The topological polar surface area (TPSA) is 66.4 Å². The summed E-state index contributed by atoms with van der Waals surface area (Å²) < 4.78 is 0. The van der Waals surface area contributed by atoms with Gasteiger partial charge < -0.3 is 10.4 Å². The Labute approximate surface area is 104 Å². The lowest BCUT2D eigenvalue weighted by atomic mass is 9.80. The van der Waals surface area contributed by atoms with Crippen molar-refractivity contribution in [2.24, 2.45) is 5.41 Å². The van der Waals surface area contributed by atoms with E-state index in [1.165, 1.54) is 13.8 Å². The molecule has 0 aliphatic heterocycles. The first-order chi connectivity index (χ1) is 7.69. The van der Waals surface area contributed by atoms with Crippen LogP contribution in [0.3, 0.4) is 0 Å². The standard InChI is InChI=1S/C13H25NO3/c1-6-8-9-13(5,7-2)10(15)14-12(3,4)11(16)17/h6-9H2,1-5H3,(H,14,15)(H,16,17). The molecule has 0 saturated heterocycles. The molecule has 100 valence electrons. The van der Waals surface area contributed by atoms with Crippen molar-refractivity contribution >= 4 is 11.9 Å². The molecule has 0 radical (unpaired) electrons. The lowest BCUT2D eigenvalue weighted by Crippen LogP contribution is -2.54. The average molecular weight is 243 g/mol. The maximum absolute atomic E-state index is 12.1. The van der Waals surface area contributed by atoms with Crippen LogP contribution in [0, 0.1) is 5.41 Å². The van der Waals surface area contributed by atoms with Crippen LogP contribution < -0.4 is 5.32 Å². The molecular formula is C13H25NO3. The summed E-state index contributed by atoms with van der Waals surface area (Å²) >= 11 is 0. The third-order valence-corrected chi connectivity index (χ3v) is 3.37. The summed E-state index contributed by atoms with van der Waals surface area (Å²) in [5.41, 5.74) is -1.68. The van der Waals surface area contributed by atoms with Crippen LogP contribution in [0.4, 0.5) is 0 Å². The summed E-state index contributed by atoms with van der Waals surface area (Å²) in [6.45, 7) is 8.94. The van der Waals surface area contributed by atoms with Crippen molar-refractivity contribution in [2.75, 3.05) is 0 Å². The highest BCUT2D eigenvalue weighted by Gasteiger charge is 2.37. The van der Waals surface area contributed by atoms with Gasteiger partial charge in [-0.25, -0.2) is 4.79 Å². The Balaban J connectivity index is 4.71. The molecule has 0 rings (SSSR count). The molecule has 17 heavy (non-hydrogen) atoms. The Hall–Kier alpha value is -1.06. The largest absolute Gasteiger partial charge is 0.480 e. The van der Waals surface area contributed by atoms with E-state index in [0.29, 0.717) is 6.42 Å². The summed E-state index contributed by atoms with van der Waals surface area (Å²) in [7, 11) is 0. The molecule has 1 amide bonds. The highest BCUT2D eigenvalue weighted by molar-refractivity contribution is 5.89. The van der Waals surface area contributed by atoms with Gasteiger partial charge in [-0.3, -0.25) is 4.79 Å². The van der Waals surface area contributed by atoms with E-state index >= 15 is 0 Å². The van der Waals surface area contributed by atoms with Gasteiger partial charge in [0.25, 0.3) is 0 Å². The lowest BCUT2D eigenvalue weighted by Gasteiger charge is -2.31. The van der Waals surface area contributed by atoms with E-state index in [9.17, 15) is 9.59 Å². The number of unbranched alkanes of at least 4 members (excludes halogenated alkanes) is 1. The van der Waals surface area contributed by atoms with Crippen molar-refractivity contribution in [1.29, 1.82) is 0 Å². The summed E-state index contributed by atoms with van der Waals surface area (Å²) in [5.74, 6) is -1.18. The number of carboxylic acids is 1. The molecule has 0 aliphatic carbocycles. The van der Waals surface area contributed by atoms with Crippen molar-refractivity contribution in [3.63, 3.8) is 0 Å². The number of rotatable bonds is 7. The van der Waals surface area contributed by atoms with E-state index in [4.69, 9.17) is 5.11 Å². The number of aliphatic carboxylic acids is 1. The third-order valence-electron chi connectivity index (χ3n) is 3.37. The van der Waals surface area contributed by atoms with E-state index in [0.717, 1.165) is 19.3 Å². The Bertz CT molecular complexity index is 286. The minimum atomic E-state index is -1.21. The molecule has 0 bridgehead atoms. The van der Waals surface area contributed by atoms with Crippen molar-refractivity contribution in [3.8, 4) is 0 Å². The number of carbonyl (C=O) groups is 2. The molecule has 0 aromatic rings. The van der Waals surface area contributed by atoms with E-state index in [-0.39, 0.29) is 5.91 Å². The smallest absolute Gasteiger partial charge is 0.328 e. The van der Waals surface area contributed by atoms with Crippen LogP contribution in [0.25, 0.3) is 0 Å². The van der Waals surface area contributed by atoms with Gasteiger partial charge in [-0.1, -0.05) is 33.6 Å². The van der Waals surface area contributed by atoms with Crippen LogP contribution in [0.1, 0.15) is 60.3 Å². The van der Waals surface area contributed by atoms with Gasteiger partial charge in [0, 0.05) is 5.41 Å². The van der Waals surface area contributed by atoms with E-state index in [2.05, 4.69) is 12.2 Å². The number of hydrogen-bond donors (Lipinski definition) is 2. The monoisotopic (exact) mass is 243 g/mol. The number of carbonyl (C=O) groups excluding carboxylic acids is 1. The second kappa shape index (κ2) is 6.03. The first-order valence-corrected chi connectivity index (χ1v) is 6.25. The molecule has 1 unspecified atom stereocenters. The molecule has 4 heteroatoms. The van der Waals surface area contributed by atoms with Gasteiger partial charge in [0.2, 0.25) is 5.91 Å². The van der Waals surface area contributed by atoms with Crippen LogP contribution in [0.5, 0.6) is 0 Å². The Morgan fingerprint density at radius 2 is 1.71 bits per heavy atom. The van der Waals surface area contributed by atoms with Crippen LogP contribution >= 0.6 is 0 Å². The van der Waals surface area contributed by atoms with E-state index in [1.54, 1.807) is 0 Å². The van der Waals surface area contributed by atoms with Gasteiger partial charge in [-0.05, 0) is 26.7 Å². The fourth-order valence-electron chi connectivity index (χ4n) is 1.51. The highest BCUT2D eigenvalue weighted by atomic mass is 16.4. The Morgan fingerprint density at radius 3 is 2.06 bits per heavy atom. The van der Waals surface area contributed by atoms with Gasteiger partial charge in [0.15, 0.2) is 0 Å². The van der Waals surface area contributed by atoms with Crippen molar-refractivity contribution in [2.45, 2.75) is 65.8 Å². The van der Waals surface area contributed by atoms with Crippen molar-refractivity contribution in [3.05, 3.63) is 0 Å². The van der Waals surface area contributed by atoms with Gasteiger partial charge >= 0.3 is 5.97 Å². The summed E-state index contributed by atoms with van der Waals surface area (Å²) in [4.78, 5) is 23.1. The number of amides is 1. The maximum atomic E-state index is 12.1. The third kappa shape index (κ3) is 4.36. The first kappa shape index (κ1) is 15.9. The zero-order valence-electron chi connectivity index (χ0n) is 11.6. The maximum Gasteiger partial charge on any atom is 0.328 e. The summed E-state index contributed by atoms with van der Waals surface area (Å²) in [6, 6.07) is 0. The number of hydrogen-bond acceptors (Lipinski definition) is 2. The average Bonchev–Trinajstić information content (AvgIpc) is 2.24. The second-order valence-electron chi connectivity index (χ2n) is 5.40. The predicted octanol–water partition coefficient (Wildman–Crippen LogP) is 2.57. The summed E-state index contributed by atoms with van der Waals surface area (Å²) in [5, 5.41) is 11.6. The normalized spacial score (nSPS) is 15.1. The highest BCUT2D eigenvalue weighted by Crippen LogP contribution is 2.29. The summed E-state index contributed by atoms with van der Waals surface area (Å²) in [6.07, 6.45) is 3.52. The van der Waals surface area contributed by atoms with Crippen LogP contribution in [0.15, 0.2) is 0 Å². The zero-order valence-corrected chi connectivity index (χ0v) is 11.6. The lowest BCUT2D eigenvalue weighted by molar-refractivity contribution is -0.148. The van der Waals surface area contributed by atoms with Crippen LogP contribution in [-0.4, -0.2) is 22.5 Å². The van der Waals surface area contributed by atoms with Crippen molar-refractivity contribution in [1.82, 2.24) is 5.32 Å². The van der Waals surface area contributed by atoms with Gasteiger partial charge in [-0.2, -0.15) is 0 Å². The molecule has 0 aromatic carbocycles. The molecule has 0 spiro atoms. The molecule has 2 N–H and O–H groups in total. The Kier molecular flexibility index (Phi) is 5.66. The molecule has 0 fully saturated rings. The minimum absolute atomic E-state index is 0.166. The molecule has 0 aromatic heterocycles. The molecule has 1 atom stereocenters.